The highest BCUT2D eigenvalue weighted by Gasteiger charge is 2.00. The molecule has 74 valence electrons. The molecule has 0 amide bonds. The SMILES string of the molecule is CC(C)CCCCc1ccsc1Br. The second-order valence-corrected chi connectivity index (χ2v) is 6.09. The summed E-state index contributed by atoms with van der Waals surface area (Å²) in [7, 11) is 0. The Labute approximate surface area is 93.5 Å². The van der Waals surface area contributed by atoms with Crippen molar-refractivity contribution in [3.8, 4) is 0 Å². The van der Waals surface area contributed by atoms with E-state index >= 15 is 0 Å². The summed E-state index contributed by atoms with van der Waals surface area (Å²) in [5.41, 5.74) is 1.48. The van der Waals surface area contributed by atoms with Crippen LogP contribution in [0, 0.1) is 5.92 Å². The van der Waals surface area contributed by atoms with E-state index in [2.05, 4.69) is 41.2 Å². The lowest BCUT2D eigenvalue weighted by atomic mass is 10.0. The fourth-order valence-corrected chi connectivity index (χ4v) is 2.69. The van der Waals surface area contributed by atoms with Gasteiger partial charge in [0.15, 0.2) is 0 Å². The standard InChI is InChI=1S/C11H17BrS/c1-9(2)5-3-4-6-10-7-8-13-11(10)12/h7-9H,3-6H2,1-2H3. The van der Waals surface area contributed by atoms with E-state index in [0.717, 1.165) is 5.92 Å². The molecule has 0 fully saturated rings. The lowest BCUT2D eigenvalue weighted by Gasteiger charge is -2.03. The van der Waals surface area contributed by atoms with Crippen LogP contribution in [0.15, 0.2) is 15.2 Å². The quantitative estimate of drug-likeness (QED) is 0.663. The lowest BCUT2D eigenvalue weighted by Crippen LogP contribution is -1.89. The van der Waals surface area contributed by atoms with Gasteiger partial charge in [-0.3, -0.25) is 0 Å². The van der Waals surface area contributed by atoms with Crippen molar-refractivity contribution < 1.29 is 0 Å². The zero-order chi connectivity index (χ0) is 9.68. The molecule has 0 aliphatic heterocycles. The zero-order valence-electron chi connectivity index (χ0n) is 8.35. The Hall–Kier alpha value is 0.180. The van der Waals surface area contributed by atoms with E-state index in [9.17, 15) is 0 Å². The molecule has 0 bridgehead atoms. The molecule has 0 saturated heterocycles. The molecule has 0 saturated carbocycles. The van der Waals surface area contributed by atoms with Gasteiger partial charge in [-0.1, -0.05) is 26.7 Å². The first-order valence-electron chi connectivity index (χ1n) is 4.92. The molecule has 0 aliphatic carbocycles. The van der Waals surface area contributed by atoms with E-state index in [-0.39, 0.29) is 0 Å². The predicted octanol–water partition coefficient (Wildman–Crippen LogP) is 4.88. The topological polar surface area (TPSA) is 0 Å². The van der Waals surface area contributed by atoms with E-state index in [1.54, 1.807) is 11.3 Å². The average molecular weight is 261 g/mol. The lowest BCUT2D eigenvalue weighted by molar-refractivity contribution is 0.538. The summed E-state index contributed by atoms with van der Waals surface area (Å²) >= 11 is 5.35. The molecule has 0 radical (unpaired) electrons. The molecule has 0 aromatic carbocycles. The van der Waals surface area contributed by atoms with E-state index < -0.39 is 0 Å². The van der Waals surface area contributed by atoms with Crippen LogP contribution in [0.3, 0.4) is 0 Å². The maximum absolute atomic E-state index is 3.57. The van der Waals surface area contributed by atoms with Gasteiger partial charge in [0, 0.05) is 0 Å². The maximum atomic E-state index is 3.57. The smallest absolute Gasteiger partial charge is 0.0730 e. The molecule has 1 aromatic rings. The van der Waals surface area contributed by atoms with Gasteiger partial charge in [0.25, 0.3) is 0 Å². The first kappa shape index (κ1) is 11.3. The van der Waals surface area contributed by atoms with Crippen LogP contribution >= 0.6 is 27.3 Å². The summed E-state index contributed by atoms with van der Waals surface area (Å²) in [4.78, 5) is 0. The van der Waals surface area contributed by atoms with Crippen molar-refractivity contribution in [2.45, 2.75) is 39.5 Å². The van der Waals surface area contributed by atoms with Crippen molar-refractivity contribution in [2.24, 2.45) is 5.92 Å². The summed E-state index contributed by atoms with van der Waals surface area (Å²) in [5, 5.41) is 2.15. The Morgan fingerprint density at radius 3 is 2.69 bits per heavy atom. The summed E-state index contributed by atoms with van der Waals surface area (Å²) in [6.45, 7) is 4.58. The van der Waals surface area contributed by atoms with Crippen LogP contribution in [0.4, 0.5) is 0 Å². The van der Waals surface area contributed by atoms with Crippen molar-refractivity contribution in [2.75, 3.05) is 0 Å². The number of hydrogen-bond donors (Lipinski definition) is 0. The second-order valence-electron chi connectivity index (χ2n) is 3.86. The van der Waals surface area contributed by atoms with Gasteiger partial charge >= 0.3 is 0 Å². The minimum atomic E-state index is 0.853. The highest BCUT2D eigenvalue weighted by Crippen LogP contribution is 2.25. The summed E-state index contributed by atoms with van der Waals surface area (Å²) in [6, 6.07) is 2.23. The fraction of sp³-hybridized carbons (Fsp3) is 0.636. The molecule has 0 N–H and O–H groups in total. The minimum Gasteiger partial charge on any atom is -0.137 e. The minimum absolute atomic E-state index is 0.853. The molecular formula is C11H17BrS. The van der Waals surface area contributed by atoms with Crippen molar-refractivity contribution in [1.29, 1.82) is 0 Å². The highest BCUT2D eigenvalue weighted by molar-refractivity contribution is 9.11. The van der Waals surface area contributed by atoms with Crippen LogP contribution in [0.25, 0.3) is 0 Å². The Balaban J connectivity index is 2.17. The number of aryl methyl sites for hydroxylation is 1. The van der Waals surface area contributed by atoms with E-state index in [0.29, 0.717) is 0 Å². The molecule has 1 heterocycles. The van der Waals surface area contributed by atoms with Crippen molar-refractivity contribution >= 4 is 27.3 Å². The van der Waals surface area contributed by atoms with Crippen molar-refractivity contribution in [3.05, 3.63) is 20.8 Å². The van der Waals surface area contributed by atoms with Crippen LogP contribution in [-0.4, -0.2) is 0 Å². The molecule has 0 nitrogen and oxygen atoms in total. The van der Waals surface area contributed by atoms with Crippen molar-refractivity contribution in [3.63, 3.8) is 0 Å². The predicted molar refractivity (Wildman–Crippen MR) is 64.4 cm³/mol. The maximum Gasteiger partial charge on any atom is 0.0730 e. The molecule has 1 aromatic heterocycles. The number of hydrogen-bond acceptors (Lipinski definition) is 1. The van der Waals surface area contributed by atoms with E-state index in [4.69, 9.17) is 0 Å². The van der Waals surface area contributed by atoms with Crippen LogP contribution in [-0.2, 0) is 6.42 Å². The molecule has 2 heteroatoms. The van der Waals surface area contributed by atoms with Gasteiger partial charge in [0.1, 0.15) is 0 Å². The zero-order valence-corrected chi connectivity index (χ0v) is 10.7. The van der Waals surface area contributed by atoms with E-state index in [1.165, 1.54) is 35.0 Å². The summed E-state index contributed by atoms with van der Waals surface area (Å²) < 4.78 is 1.32. The van der Waals surface area contributed by atoms with Gasteiger partial charge in [0.2, 0.25) is 0 Å². The van der Waals surface area contributed by atoms with E-state index in [1.807, 2.05) is 0 Å². The second kappa shape index (κ2) is 5.82. The van der Waals surface area contributed by atoms with Gasteiger partial charge < -0.3 is 0 Å². The third kappa shape index (κ3) is 4.28. The van der Waals surface area contributed by atoms with Gasteiger partial charge in [-0.15, -0.1) is 11.3 Å². The van der Waals surface area contributed by atoms with Gasteiger partial charge in [-0.25, -0.2) is 0 Å². The Morgan fingerprint density at radius 2 is 2.15 bits per heavy atom. The third-order valence-electron chi connectivity index (χ3n) is 2.17. The first-order valence-corrected chi connectivity index (χ1v) is 6.59. The molecule has 0 atom stereocenters. The van der Waals surface area contributed by atoms with Gasteiger partial charge in [-0.2, -0.15) is 0 Å². The Bertz CT molecular complexity index is 240. The summed E-state index contributed by atoms with van der Waals surface area (Å²) in [6.07, 6.45) is 5.28. The molecule has 13 heavy (non-hydrogen) atoms. The Morgan fingerprint density at radius 1 is 1.38 bits per heavy atom. The monoisotopic (exact) mass is 260 g/mol. The normalized spacial score (nSPS) is 11.1. The number of halogens is 1. The Kier molecular flexibility index (Phi) is 5.04. The average Bonchev–Trinajstić information content (AvgIpc) is 2.45. The fourth-order valence-electron chi connectivity index (χ4n) is 1.37. The third-order valence-corrected chi connectivity index (χ3v) is 3.98. The van der Waals surface area contributed by atoms with Gasteiger partial charge in [-0.05, 0) is 51.7 Å². The number of thiophene rings is 1. The number of rotatable bonds is 5. The molecule has 1 rings (SSSR count). The molecule has 0 aliphatic rings. The van der Waals surface area contributed by atoms with Crippen LogP contribution in [0.2, 0.25) is 0 Å². The van der Waals surface area contributed by atoms with Crippen molar-refractivity contribution in [1.82, 2.24) is 0 Å². The van der Waals surface area contributed by atoms with Crippen LogP contribution in [0.5, 0.6) is 0 Å². The first-order chi connectivity index (χ1) is 6.20. The van der Waals surface area contributed by atoms with Gasteiger partial charge in [0.05, 0.1) is 3.79 Å². The largest absolute Gasteiger partial charge is 0.137 e. The summed E-state index contributed by atoms with van der Waals surface area (Å²) in [5.74, 6) is 0.853. The van der Waals surface area contributed by atoms with Crippen LogP contribution in [0.1, 0.15) is 38.7 Å². The number of unbranched alkanes of at least 4 members (excludes halogenated alkanes) is 1. The van der Waals surface area contributed by atoms with Crippen LogP contribution < -0.4 is 0 Å². The molecular weight excluding hydrogens is 244 g/mol. The molecule has 0 spiro atoms. The highest BCUT2D eigenvalue weighted by atomic mass is 79.9. The molecule has 0 unspecified atom stereocenters.